The van der Waals surface area contributed by atoms with Crippen LogP contribution in [0.4, 0.5) is 16.3 Å². The third kappa shape index (κ3) is 3.78. The number of pyridine rings is 1. The van der Waals surface area contributed by atoms with Crippen LogP contribution < -0.4 is 10.6 Å². The Morgan fingerprint density at radius 2 is 2.14 bits per heavy atom. The second-order valence-electron chi connectivity index (χ2n) is 6.22. The van der Waals surface area contributed by atoms with Crippen LogP contribution in [0, 0.1) is 0 Å². The van der Waals surface area contributed by atoms with Crippen molar-refractivity contribution in [1.29, 1.82) is 0 Å². The van der Waals surface area contributed by atoms with Gasteiger partial charge in [0.2, 0.25) is 0 Å². The highest BCUT2D eigenvalue weighted by Gasteiger charge is 2.35. The number of anilines is 2. The summed E-state index contributed by atoms with van der Waals surface area (Å²) in [5.74, 6) is 0.757. The van der Waals surface area contributed by atoms with Gasteiger partial charge < -0.3 is 20.3 Å². The first kappa shape index (κ1) is 15.9. The van der Waals surface area contributed by atoms with Gasteiger partial charge in [0, 0.05) is 30.8 Å². The van der Waals surface area contributed by atoms with Crippen LogP contribution in [-0.4, -0.2) is 47.8 Å². The van der Waals surface area contributed by atoms with Crippen LogP contribution in [0.15, 0.2) is 16.7 Å². The largest absolute Gasteiger partial charge is 0.444 e. The summed E-state index contributed by atoms with van der Waals surface area (Å²) in [7, 11) is 1.76. The van der Waals surface area contributed by atoms with E-state index < -0.39 is 5.60 Å². The molecule has 116 valence electrons. The predicted molar refractivity (Wildman–Crippen MR) is 86.3 cm³/mol. The second-order valence-corrected chi connectivity index (χ2v) is 7.13. The van der Waals surface area contributed by atoms with Crippen LogP contribution in [0.3, 0.4) is 0 Å². The molecule has 1 aliphatic heterocycles. The van der Waals surface area contributed by atoms with Gasteiger partial charge in [-0.15, -0.1) is 0 Å². The number of ether oxygens (including phenoxy) is 1. The Balaban J connectivity index is 1.93. The highest BCUT2D eigenvalue weighted by Crippen LogP contribution is 2.28. The number of aromatic nitrogens is 1. The van der Waals surface area contributed by atoms with Gasteiger partial charge in [-0.1, -0.05) is 0 Å². The van der Waals surface area contributed by atoms with E-state index in [2.05, 4.69) is 20.9 Å². The molecule has 1 aliphatic rings. The number of amides is 1. The number of hydrogen-bond donors (Lipinski definition) is 1. The van der Waals surface area contributed by atoms with E-state index in [0.29, 0.717) is 18.8 Å². The first-order valence-electron chi connectivity index (χ1n) is 6.79. The van der Waals surface area contributed by atoms with Crippen molar-refractivity contribution in [3.8, 4) is 0 Å². The van der Waals surface area contributed by atoms with Crippen LogP contribution in [0.1, 0.15) is 20.8 Å². The third-order valence-electron chi connectivity index (χ3n) is 3.25. The Kier molecular flexibility index (Phi) is 4.32. The molecule has 1 saturated heterocycles. The molecule has 2 rings (SSSR count). The van der Waals surface area contributed by atoms with Gasteiger partial charge in [0.05, 0.1) is 11.7 Å². The van der Waals surface area contributed by atoms with E-state index in [4.69, 9.17) is 10.5 Å². The molecule has 21 heavy (non-hydrogen) atoms. The minimum atomic E-state index is -0.480. The third-order valence-corrected chi connectivity index (χ3v) is 3.69. The fraction of sp³-hybridized carbons (Fsp3) is 0.571. The molecule has 0 bridgehead atoms. The molecular weight excluding hydrogens is 336 g/mol. The van der Waals surface area contributed by atoms with Gasteiger partial charge in [-0.3, -0.25) is 0 Å². The van der Waals surface area contributed by atoms with Crippen molar-refractivity contribution in [3.05, 3.63) is 16.7 Å². The van der Waals surface area contributed by atoms with E-state index in [1.54, 1.807) is 18.1 Å². The maximum Gasteiger partial charge on any atom is 0.410 e. The van der Waals surface area contributed by atoms with Gasteiger partial charge in [-0.25, -0.2) is 9.78 Å². The molecule has 0 unspecified atom stereocenters. The first-order chi connectivity index (χ1) is 9.67. The number of hydrogen-bond acceptors (Lipinski definition) is 5. The predicted octanol–water partition coefficient (Wildman–Crippen LogP) is 2.48. The molecule has 1 amide bonds. The Labute approximate surface area is 133 Å². The van der Waals surface area contributed by atoms with E-state index in [1.807, 2.05) is 31.7 Å². The molecule has 0 aromatic carbocycles. The quantitative estimate of drug-likeness (QED) is 0.881. The van der Waals surface area contributed by atoms with Crippen molar-refractivity contribution in [3.63, 3.8) is 0 Å². The molecule has 2 heterocycles. The van der Waals surface area contributed by atoms with Crippen molar-refractivity contribution >= 4 is 33.5 Å². The van der Waals surface area contributed by atoms with Crippen molar-refractivity contribution in [1.82, 2.24) is 9.88 Å². The summed E-state index contributed by atoms with van der Waals surface area (Å²) in [6.45, 7) is 6.98. The van der Waals surface area contributed by atoms with Crippen LogP contribution in [-0.2, 0) is 4.74 Å². The number of rotatable bonds is 2. The SMILES string of the molecule is CN(C(=O)OC(C)(C)C)C1CN(c2ncc(Br)cc2N)C1. The van der Waals surface area contributed by atoms with Gasteiger partial charge in [0.1, 0.15) is 5.60 Å². The monoisotopic (exact) mass is 356 g/mol. The Morgan fingerprint density at radius 3 is 2.67 bits per heavy atom. The average Bonchev–Trinajstić information content (AvgIpc) is 2.27. The molecule has 0 radical (unpaired) electrons. The summed E-state index contributed by atoms with van der Waals surface area (Å²) in [5.41, 5.74) is 6.10. The molecular formula is C14H21BrN4O2. The van der Waals surface area contributed by atoms with Gasteiger partial charge >= 0.3 is 6.09 Å². The highest BCUT2D eigenvalue weighted by atomic mass is 79.9. The Bertz CT molecular complexity index is 538. The minimum Gasteiger partial charge on any atom is -0.444 e. The van der Waals surface area contributed by atoms with Crippen LogP contribution in [0.2, 0.25) is 0 Å². The molecule has 0 atom stereocenters. The van der Waals surface area contributed by atoms with Gasteiger partial charge in [0.15, 0.2) is 5.82 Å². The Morgan fingerprint density at radius 1 is 1.52 bits per heavy atom. The lowest BCUT2D eigenvalue weighted by atomic mass is 10.1. The minimum absolute atomic E-state index is 0.115. The van der Waals surface area contributed by atoms with E-state index in [-0.39, 0.29) is 12.1 Å². The lowest BCUT2D eigenvalue weighted by Gasteiger charge is -2.44. The Hall–Kier alpha value is -1.50. The van der Waals surface area contributed by atoms with Crippen molar-refractivity contribution in [2.75, 3.05) is 30.8 Å². The zero-order valence-corrected chi connectivity index (χ0v) is 14.3. The van der Waals surface area contributed by atoms with Gasteiger partial charge in [-0.05, 0) is 42.8 Å². The number of halogens is 1. The molecule has 1 aromatic rings. The van der Waals surface area contributed by atoms with Gasteiger partial charge in [0.25, 0.3) is 0 Å². The fourth-order valence-electron chi connectivity index (χ4n) is 2.07. The zero-order valence-electron chi connectivity index (χ0n) is 12.8. The summed E-state index contributed by atoms with van der Waals surface area (Å²) in [4.78, 5) is 20.0. The summed E-state index contributed by atoms with van der Waals surface area (Å²) >= 11 is 3.34. The molecule has 0 spiro atoms. The molecule has 7 heteroatoms. The van der Waals surface area contributed by atoms with E-state index >= 15 is 0 Å². The molecule has 6 nitrogen and oxygen atoms in total. The van der Waals surface area contributed by atoms with E-state index in [0.717, 1.165) is 10.3 Å². The number of carbonyl (C=O) groups excluding carboxylic acids is 1. The lowest BCUT2D eigenvalue weighted by molar-refractivity contribution is 0.0196. The number of nitrogens with two attached hydrogens (primary N) is 1. The molecule has 1 fully saturated rings. The summed E-state index contributed by atoms with van der Waals surface area (Å²) in [6, 6.07) is 1.94. The number of nitrogen functional groups attached to an aromatic ring is 1. The van der Waals surface area contributed by atoms with Crippen LogP contribution >= 0.6 is 15.9 Å². The smallest absolute Gasteiger partial charge is 0.410 e. The van der Waals surface area contributed by atoms with Crippen molar-refractivity contribution < 1.29 is 9.53 Å². The summed E-state index contributed by atoms with van der Waals surface area (Å²) in [5, 5.41) is 0. The number of nitrogens with zero attached hydrogens (tertiary/aromatic N) is 3. The van der Waals surface area contributed by atoms with E-state index in [1.165, 1.54) is 0 Å². The standard InChI is InChI=1S/C14H21BrN4O2/c1-14(2,3)21-13(20)18(4)10-7-19(8-10)12-11(16)5-9(15)6-17-12/h5-6,10H,7-8,16H2,1-4H3. The summed E-state index contributed by atoms with van der Waals surface area (Å²) in [6.07, 6.45) is 1.42. The normalized spacial score (nSPS) is 15.6. The average molecular weight is 357 g/mol. The molecule has 1 aromatic heterocycles. The van der Waals surface area contributed by atoms with Crippen LogP contribution in [0.25, 0.3) is 0 Å². The van der Waals surface area contributed by atoms with Crippen molar-refractivity contribution in [2.24, 2.45) is 0 Å². The van der Waals surface area contributed by atoms with Gasteiger partial charge in [-0.2, -0.15) is 0 Å². The number of likely N-dealkylation sites (N-methyl/N-ethyl adjacent to an activating group) is 1. The van der Waals surface area contributed by atoms with Crippen LogP contribution in [0.5, 0.6) is 0 Å². The lowest BCUT2D eigenvalue weighted by Crippen LogP contribution is -2.60. The highest BCUT2D eigenvalue weighted by molar-refractivity contribution is 9.10. The molecule has 2 N–H and O–H groups in total. The number of carbonyl (C=O) groups is 1. The van der Waals surface area contributed by atoms with E-state index in [9.17, 15) is 4.79 Å². The summed E-state index contributed by atoms with van der Waals surface area (Å²) < 4.78 is 6.21. The van der Waals surface area contributed by atoms with Crippen molar-refractivity contribution in [2.45, 2.75) is 32.4 Å². The maximum absolute atomic E-state index is 12.0. The fourth-order valence-corrected chi connectivity index (χ4v) is 2.42. The maximum atomic E-state index is 12.0. The topological polar surface area (TPSA) is 71.7 Å². The molecule has 0 aliphatic carbocycles. The second kappa shape index (κ2) is 5.71. The molecule has 0 saturated carbocycles. The first-order valence-corrected chi connectivity index (χ1v) is 7.58. The zero-order chi connectivity index (χ0) is 15.8.